The molecule has 0 nitrogen and oxygen atoms in total. The molecular weight excluding hydrogens is 168 g/mol. The summed E-state index contributed by atoms with van der Waals surface area (Å²) >= 11 is 2.01. The van der Waals surface area contributed by atoms with E-state index in [4.69, 9.17) is 0 Å². The second-order valence-electron chi connectivity index (χ2n) is 3.15. The van der Waals surface area contributed by atoms with E-state index in [0.29, 0.717) is 0 Å². The van der Waals surface area contributed by atoms with Crippen molar-refractivity contribution in [2.45, 2.75) is 32.1 Å². The summed E-state index contributed by atoms with van der Waals surface area (Å²) < 4.78 is 0. The predicted octanol–water partition coefficient (Wildman–Crippen LogP) is 2.52. The molecule has 1 aliphatic rings. The topological polar surface area (TPSA) is 0 Å². The van der Waals surface area contributed by atoms with Crippen molar-refractivity contribution in [1.29, 1.82) is 0 Å². The SMILES string of the molecule is C[SiH2]C1=CC=C(SC(C)C)C1. The Morgan fingerprint density at radius 1 is 1.45 bits per heavy atom. The van der Waals surface area contributed by atoms with Crippen LogP contribution in [-0.2, 0) is 0 Å². The minimum Gasteiger partial charge on any atom is -0.127 e. The summed E-state index contributed by atoms with van der Waals surface area (Å²) in [5, 5.41) is 2.46. The average molecular weight is 184 g/mol. The molecule has 0 heterocycles. The third-order valence-corrected chi connectivity index (χ3v) is 4.20. The normalized spacial score (nSPS) is 18.2. The molecule has 0 aromatic carbocycles. The van der Waals surface area contributed by atoms with Crippen molar-refractivity contribution in [3.63, 3.8) is 0 Å². The molecular formula is C9H16SSi. The van der Waals surface area contributed by atoms with Crippen molar-refractivity contribution < 1.29 is 0 Å². The summed E-state index contributed by atoms with van der Waals surface area (Å²) in [6.07, 6.45) is 5.90. The average Bonchev–Trinajstić information content (AvgIpc) is 2.34. The Bertz CT molecular complexity index is 192. The van der Waals surface area contributed by atoms with Crippen LogP contribution in [0.3, 0.4) is 0 Å². The van der Waals surface area contributed by atoms with Crippen LogP contribution >= 0.6 is 11.8 Å². The maximum Gasteiger partial charge on any atom is 0.0469 e. The number of hydrogen-bond acceptors (Lipinski definition) is 1. The van der Waals surface area contributed by atoms with E-state index in [1.807, 2.05) is 11.8 Å². The highest BCUT2D eigenvalue weighted by Crippen LogP contribution is 2.30. The number of allylic oxidation sites excluding steroid dienone is 4. The lowest BCUT2D eigenvalue weighted by Crippen LogP contribution is -1.90. The molecule has 0 spiro atoms. The molecule has 0 atom stereocenters. The lowest BCUT2D eigenvalue weighted by Gasteiger charge is -2.05. The minimum absolute atomic E-state index is 0.120. The fourth-order valence-electron chi connectivity index (χ4n) is 1.18. The fourth-order valence-corrected chi connectivity index (χ4v) is 3.25. The summed E-state index contributed by atoms with van der Waals surface area (Å²) in [6, 6.07) is 0. The standard InChI is InChI=1S/C9H16SSi/c1-7(2)10-8-4-5-9(6-8)11-3/h4-5,7H,6,11H2,1-3H3. The lowest BCUT2D eigenvalue weighted by atomic mass is 10.5. The van der Waals surface area contributed by atoms with Gasteiger partial charge in [-0.15, -0.1) is 11.8 Å². The third-order valence-electron chi connectivity index (χ3n) is 1.75. The van der Waals surface area contributed by atoms with E-state index in [-0.39, 0.29) is 9.52 Å². The van der Waals surface area contributed by atoms with Gasteiger partial charge in [-0.2, -0.15) is 0 Å². The molecule has 0 aliphatic heterocycles. The largest absolute Gasteiger partial charge is 0.127 e. The van der Waals surface area contributed by atoms with Crippen molar-refractivity contribution in [3.8, 4) is 0 Å². The monoisotopic (exact) mass is 184 g/mol. The summed E-state index contributed by atoms with van der Waals surface area (Å²) in [7, 11) is 0.120. The van der Waals surface area contributed by atoms with Crippen molar-refractivity contribution >= 4 is 21.3 Å². The van der Waals surface area contributed by atoms with Crippen LogP contribution in [-0.4, -0.2) is 14.8 Å². The number of rotatable bonds is 3. The van der Waals surface area contributed by atoms with Crippen LogP contribution in [0.15, 0.2) is 22.3 Å². The smallest absolute Gasteiger partial charge is 0.0469 e. The van der Waals surface area contributed by atoms with Crippen LogP contribution in [0.2, 0.25) is 6.55 Å². The summed E-state index contributed by atoms with van der Waals surface area (Å²) in [5.41, 5.74) is 0. The molecule has 1 aliphatic carbocycles. The molecule has 0 amide bonds. The highest BCUT2D eigenvalue weighted by atomic mass is 32.2. The Hall–Kier alpha value is 0.0469. The molecule has 0 saturated carbocycles. The minimum atomic E-state index is 0.120. The number of hydrogen-bond donors (Lipinski definition) is 0. The van der Waals surface area contributed by atoms with Gasteiger partial charge in [-0.1, -0.05) is 37.7 Å². The molecule has 0 saturated heterocycles. The van der Waals surface area contributed by atoms with Crippen molar-refractivity contribution in [3.05, 3.63) is 22.3 Å². The van der Waals surface area contributed by atoms with Crippen LogP contribution in [0.1, 0.15) is 20.3 Å². The van der Waals surface area contributed by atoms with E-state index < -0.39 is 0 Å². The molecule has 11 heavy (non-hydrogen) atoms. The van der Waals surface area contributed by atoms with Crippen LogP contribution in [0.4, 0.5) is 0 Å². The first-order valence-corrected chi connectivity index (χ1v) is 7.27. The third kappa shape index (κ3) is 2.87. The quantitative estimate of drug-likeness (QED) is 0.607. The van der Waals surface area contributed by atoms with Gasteiger partial charge in [0.1, 0.15) is 0 Å². The Labute approximate surface area is 76.0 Å². The molecule has 0 radical (unpaired) electrons. The highest BCUT2D eigenvalue weighted by molar-refractivity contribution is 8.03. The molecule has 0 N–H and O–H groups in total. The van der Waals surface area contributed by atoms with Crippen molar-refractivity contribution in [2.75, 3.05) is 0 Å². The highest BCUT2D eigenvalue weighted by Gasteiger charge is 2.08. The number of thioether (sulfide) groups is 1. The van der Waals surface area contributed by atoms with Gasteiger partial charge in [-0.05, 0) is 11.3 Å². The molecule has 0 bridgehead atoms. The zero-order chi connectivity index (χ0) is 8.27. The summed E-state index contributed by atoms with van der Waals surface area (Å²) in [4.78, 5) is 1.57. The van der Waals surface area contributed by atoms with Crippen LogP contribution in [0.25, 0.3) is 0 Å². The molecule has 0 aromatic rings. The Balaban J connectivity index is 2.34. The summed E-state index contributed by atoms with van der Waals surface area (Å²) in [5.74, 6) is 0. The van der Waals surface area contributed by atoms with Crippen molar-refractivity contribution in [2.24, 2.45) is 0 Å². The maximum absolute atomic E-state index is 2.36. The first-order valence-electron chi connectivity index (χ1n) is 4.27. The molecule has 2 heteroatoms. The molecule has 0 aromatic heterocycles. The van der Waals surface area contributed by atoms with E-state index >= 15 is 0 Å². The van der Waals surface area contributed by atoms with Gasteiger partial charge < -0.3 is 0 Å². The van der Waals surface area contributed by atoms with Gasteiger partial charge in [0, 0.05) is 14.8 Å². The Kier molecular flexibility index (Phi) is 3.46. The van der Waals surface area contributed by atoms with Gasteiger partial charge >= 0.3 is 0 Å². The van der Waals surface area contributed by atoms with E-state index in [9.17, 15) is 0 Å². The zero-order valence-corrected chi connectivity index (χ0v) is 9.79. The second-order valence-corrected chi connectivity index (χ2v) is 6.47. The van der Waals surface area contributed by atoms with Crippen LogP contribution in [0.5, 0.6) is 0 Å². The maximum atomic E-state index is 2.36. The molecule has 0 fully saturated rings. The van der Waals surface area contributed by atoms with Gasteiger partial charge in [0.2, 0.25) is 0 Å². The summed E-state index contributed by atoms with van der Waals surface area (Å²) in [6.45, 7) is 6.88. The first kappa shape index (κ1) is 9.14. The van der Waals surface area contributed by atoms with E-state index in [2.05, 4.69) is 32.5 Å². The Morgan fingerprint density at radius 2 is 2.18 bits per heavy atom. The van der Waals surface area contributed by atoms with E-state index in [1.165, 1.54) is 6.42 Å². The van der Waals surface area contributed by atoms with Gasteiger partial charge in [-0.25, -0.2) is 0 Å². The van der Waals surface area contributed by atoms with Gasteiger partial charge in [0.15, 0.2) is 0 Å². The molecule has 0 unspecified atom stereocenters. The second kappa shape index (κ2) is 4.17. The van der Waals surface area contributed by atoms with E-state index in [0.717, 1.165) is 5.25 Å². The predicted molar refractivity (Wildman–Crippen MR) is 57.9 cm³/mol. The molecule has 1 rings (SSSR count). The van der Waals surface area contributed by atoms with Crippen molar-refractivity contribution in [1.82, 2.24) is 0 Å². The van der Waals surface area contributed by atoms with Gasteiger partial charge in [0.25, 0.3) is 0 Å². The van der Waals surface area contributed by atoms with Gasteiger partial charge in [0.05, 0.1) is 0 Å². The van der Waals surface area contributed by atoms with Crippen LogP contribution in [0, 0.1) is 0 Å². The zero-order valence-electron chi connectivity index (χ0n) is 7.55. The Morgan fingerprint density at radius 3 is 2.64 bits per heavy atom. The van der Waals surface area contributed by atoms with Crippen LogP contribution < -0.4 is 0 Å². The first-order chi connectivity index (χ1) is 5.22. The van der Waals surface area contributed by atoms with E-state index in [1.54, 1.807) is 10.1 Å². The fraction of sp³-hybridized carbons (Fsp3) is 0.556. The lowest BCUT2D eigenvalue weighted by molar-refractivity contribution is 1.11. The molecule has 62 valence electrons. The van der Waals surface area contributed by atoms with Gasteiger partial charge in [-0.3, -0.25) is 0 Å².